The fourth-order valence-corrected chi connectivity index (χ4v) is 2.61. The summed E-state index contributed by atoms with van der Waals surface area (Å²) in [7, 11) is 0. The zero-order chi connectivity index (χ0) is 18.5. The van der Waals surface area contributed by atoms with Crippen molar-refractivity contribution < 1.29 is 21.7 Å². The zero-order valence-corrected chi connectivity index (χ0v) is 18.0. The molecule has 2 aromatic carbocycles. The van der Waals surface area contributed by atoms with E-state index in [1.54, 1.807) is 0 Å². The van der Waals surface area contributed by atoms with Gasteiger partial charge < -0.3 is 0 Å². The number of rotatable bonds is 3. The van der Waals surface area contributed by atoms with Crippen LogP contribution in [-0.4, -0.2) is 0 Å². The van der Waals surface area contributed by atoms with Crippen molar-refractivity contribution in [3.05, 3.63) is 119 Å². The summed E-state index contributed by atoms with van der Waals surface area (Å²) in [6.45, 7) is 4.12. The Morgan fingerprint density at radius 2 is 1.00 bits per heavy atom. The van der Waals surface area contributed by atoms with E-state index in [4.69, 9.17) is 0 Å². The van der Waals surface area contributed by atoms with Gasteiger partial charge in [0.25, 0.3) is 0 Å². The number of hydrogen-bond acceptors (Lipinski definition) is 0. The third kappa shape index (κ3) is 10.8. The van der Waals surface area contributed by atoms with Crippen LogP contribution in [0.1, 0.15) is 37.8 Å². The molecule has 0 atom stereocenters. The van der Waals surface area contributed by atoms with E-state index >= 15 is 0 Å². The number of benzene rings is 2. The van der Waals surface area contributed by atoms with E-state index in [2.05, 4.69) is 111 Å². The summed E-state index contributed by atoms with van der Waals surface area (Å²) in [4.78, 5) is 0. The molecule has 0 unspecified atom stereocenters. The van der Waals surface area contributed by atoms with Crippen molar-refractivity contribution in [3.8, 4) is 0 Å². The Bertz CT molecular complexity index is 676. The average Bonchev–Trinajstić information content (AvgIpc) is 3.36. The molecular weight excluding hydrogens is 360 g/mol. The molecule has 2 aromatic rings. The molecule has 2 aliphatic carbocycles. The van der Waals surface area contributed by atoms with Crippen LogP contribution in [0.3, 0.4) is 0 Å². The molecule has 0 spiro atoms. The Morgan fingerprint density at radius 1 is 0.630 bits per heavy atom. The molecule has 4 rings (SSSR count). The summed E-state index contributed by atoms with van der Waals surface area (Å²) in [5.74, 6) is 0. The van der Waals surface area contributed by atoms with Crippen LogP contribution < -0.4 is 0 Å². The molecule has 0 radical (unpaired) electrons. The molecule has 0 bridgehead atoms. The van der Waals surface area contributed by atoms with Crippen LogP contribution in [0.15, 0.2) is 96.1 Å². The monoisotopic (exact) mass is 388 g/mol. The summed E-state index contributed by atoms with van der Waals surface area (Å²) in [5.41, 5.74) is 5.37. The maximum Gasteiger partial charge on any atom is 2.00 e. The van der Waals surface area contributed by atoms with Crippen LogP contribution in [0.5, 0.6) is 0 Å². The second kappa shape index (κ2) is 14.2. The molecule has 136 valence electrons. The Labute approximate surface area is 180 Å². The Balaban J connectivity index is 0.000000233. The molecule has 0 N–H and O–H groups in total. The third-order valence-corrected chi connectivity index (χ3v) is 4.12. The van der Waals surface area contributed by atoms with Crippen LogP contribution in [0.2, 0.25) is 0 Å². The van der Waals surface area contributed by atoms with Gasteiger partial charge in [0.1, 0.15) is 0 Å². The van der Waals surface area contributed by atoms with E-state index in [-0.39, 0.29) is 21.7 Å². The van der Waals surface area contributed by atoms with Gasteiger partial charge in [0.15, 0.2) is 0 Å². The normalized spacial score (nSPS) is 13.4. The molecule has 0 aromatic heterocycles. The predicted molar refractivity (Wildman–Crippen MR) is 113 cm³/mol. The van der Waals surface area contributed by atoms with Gasteiger partial charge in [0.2, 0.25) is 0 Å². The van der Waals surface area contributed by atoms with Gasteiger partial charge >= 0.3 is 21.7 Å². The third-order valence-electron chi connectivity index (χ3n) is 4.12. The van der Waals surface area contributed by atoms with Crippen molar-refractivity contribution in [1.82, 2.24) is 0 Å². The molecule has 0 heterocycles. The number of hydrogen-bond donors (Lipinski definition) is 0. The maximum absolute atomic E-state index is 3.12. The average molecular weight is 388 g/mol. The van der Waals surface area contributed by atoms with E-state index in [9.17, 15) is 0 Å². The van der Waals surface area contributed by atoms with Crippen LogP contribution in [0.4, 0.5) is 0 Å². The van der Waals surface area contributed by atoms with Crippen molar-refractivity contribution in [2.24, 2.45) is 0 Å². The minimum absolute atomic E-state index is 0. The molecule has 0 nitrogen and oxygen atoms in total. The molecule has 0 fully saturated rings. The summed E-state index contributed by atoms with van der Waals surface area (Å²) in [6, 6.07) is 21.2. The molecule has 0 aliphatic heterocycles. The molecule has 0 saturated heterocycles. The van der Waals surface area contributed by atoms with Gasteiger partial charge in [-0.1, -0.05) is 74.5 Å². The second-order valence-corrected chi connectivity index (χ2v) is 6.40. The first kappa shape index (κ1) is 23.2. The molecule has 27 heavy (non-hydrogen) atoms. The zero-order valence-electron chi connectivity index (χ0n) is 16.4. The van der Waals surface area contributed by atoms with Gasteiger partial charge in [-0.3, -0.25) is 12.2 Å². The molecule has 2 aliphatic rings. The van der Waals surface area contributed by atoms with Crippen molar-refractivity contribution >= 4 is 0 Å². The minimum Gasteiger partial charge on any atom is -0.270 e. The molecule has 1 heteroatoms. The summed E-state index contributed by atoms with van der Waals surface area (Å²) < 4.78 is 0. The standard InChI is InChI=1S/C14H14.2C6H7.Ti/c1-3-7-13(8-4-1)11-12-14-9-5-2-6-10-14;2*1-6-4-2-3-5-6;/h1-10H,11-12H2;2*2,4H,3H2,1H3;/q;2*-1;+2. The number of aryl methyl sites for hydroxylation is 2. The van der Waals surface area contributed by atoms with Crippen molar-refractivity contribution in [3.63, 3.8) is 0 Å². The number of allylic oxidation sites excluding steroid dienone is 8. The van der Waals surface area contributed by atoms with Gasteiger partial charge in [0.05, 0.1) is 0 Å². The predicted octanol–water partition coefficient (Wildman–Crippen LogP) is 6.86. The van der Waals surface area contributed by atoms with Crippen LogP contribution >= 0.6 is 0 Å². The van der Waals surface area contributed by atoms with Gasteiger partial charge in [-0.15, -0.1) is 12.8 Å². The summed E-state index contributed by atoms with van der Waals surface area (Å²) in [6.07, 6.45) is 18.9. The fourth-order valence-electron chi connectivity index (χ4n) is 2.61. The summed E-state index contributed by atoms with van der Waals surface area (Å²) in [5, 5.41) is 0. The van der Waals surface area contributed by atoms with E-state index < -0.39 is 0 Å². The maximum atomic E-state index is 3.12. The minimum atomic E-state index is 0. The van der Waals surface area contributed by atoms with Crippen molar-refractivity contribution in [2.45, 2.75) is 39.5 Å². The van der Waals surface area contributed by atoms with Crippen LogP contribution in [0, 0.1) is 12.2 Å². The fraction of sp³-hybridized carbons (Fsp3) is 0.231. The van der Waals surface area contributed by atoms with Crippen molar-refractivity contribution in [2.75, 3.05) is 0 Å². The van der Waals surface area contributed by atoms with E-state index in [0.717, 1.165) is 25.7 Å². The Morgan fingerprint density at radius 3 is 1.22 bits per heavy atom. The second-order valence-electron chi connectivity index (χ2n) is 6.40. The summed E-state index contributed by atoms with van der Waals surface area (Å²) >= 11 is 0. The van der Waals surface area contributed by atoms with E-state index in [1.165, 1.54) is 22.3 Å². The molecular formula is C26H28Ti. The topological polar surface area (TPSA) is 0 Å². The Hall–Kier alpha value is -1.89. The van der Waals surface area contributed by atoms with E-state index in [1.807, 2.05) is 0 Å². The quantitative estimate of drug-likeness (QED) is 0.398. The van der Waals surface area contributed by atoms with Gasteiger partial charge in [-0.05, 0) is 24.0 Å². The smallest absolute Gasteiger partial charge is 0.270 e. The van der Waals surface area contributed by atoms with Crippen LogP contribution in [-0.2, 0) is 34.6 Å². The molecule has 0 saturated carbocycles. The van der Waals surface area contributed by atoms with E-state index in [0.29, 0.717) is 0 Å². The van der Waals surface area contributed by atoms with Gasteiger partial charge in [-0.25, -0.2) is 23.3 Å². The molecule has 0 amide bonds. The SMILES string of the molecule is CC1=[C-]CC=C1.CC1=[C-]CC=C1.[Ti+2].c1ccc(CCc2ccccc2)cc1. The largest absolute Gasteiger partial charge is 2.00 e. The first-order chi connectivity index (χ1) is 12.7. The first-order valence-electron chi connectivity index (χ1n) is 9.30. The first-order valence-corrected chi connectivity index (χ1v) is 9.30. The van der Waals surface area contributed by atoms with Crippen molar-refractivity contribution in [1.29, 1.82) is 0 Å². The van der Waals surface area contributed by atoms with Gasteiger partial charge in [-0.2, -0.15) is 12.2 Å². The van der Waals surface area contributed by atoms with Gasteiger partial charge in [0, 0.05) is 0 Å². The Kier molecular flexibility index (Phi) is 12.2. The van der Waals surface area contributed by atoms with Crippen LogP contribution in [0.25, 0.3) is 0 Å².